The molecule has 3 heterocycles. The number of carbonyl (C=O) groups is 1. The molecular weight excluding hydrogens is 528 g/mol. The highest BCUT2D eigenvalue weighted by molar-refractivity contribution is 5.92. The zero-order chi connectivity index (χ0) is 30.3. The van der Waals surface area contributed by atoms with Crippen molar-refractivity contribution in [2.45, 2.75) is 99.0 Å². The quantitative estimate of drug-likeness (QED) is 0.286. The van der Waals surface area contributed by atoms with E-state index < -0.39 is 6.23 Å². The number of nitrogens with zero attached hydrogens (tertiary/aromatic N) is 4. The topological polar surface area (TPSA) is 131 Å². The van der Waals surface area contributed by atoms with Crippen molar-refractivity contribution in [2.24, 2.45) is 10.4 Å². The Morgan fingerprint density at radius 3 is 2.62 bits per heavy atom. The molecule has 0 spiro atoms. The second-order valence-electron chi connectivity index (χ2n) is 12.8. The lowest BCUT2D eigenvalue weighted by Crippen LogP contribution is -2.38. The summed E-state index contributed by atoms with van der Waals surface area (Å²) in [7, 11) is 0. The van der Waals surface area contributed by atoms with Gasteiger partial charge >= 0.3 is 0 Å². The fourth-order valence-electron chi connectivity index (χ4n) is 6.04. The van der Waals surface area contributed by atoms with Crippen molar-refractivity contribution in [1.29, 1.82) is 0 Å². The zero-order valence-corrected chi connectivity index (χ0v) is 26.0. The first kappa shape index (κ1) is 29.6. The molecule has 2 aliphatic rings. The lowest BCUT2D eigenvalue weighted by atomic mass is 9.85. The molecule has 2 unspecified atom stereocenters. The molecule has 0 fully saturated rings. The Morgan fingerprint density at radius 1 is 1.19 bits per heavy atom. The standard InChI is InChI=1S/C32H44N8O2/c1-17(2)40-20(5)26(19(4)38-40)18(3)35-28-27(33)24(14-15-34-28)22-12-13-23-21(16-22)10-9-11-25(23)36-29(41)30-37-31(39-42-30)32(6,7)8/h12-18,25,30H,9-11,33H2,1-8H3,(H,34,35)(H,36,41)(H,37,39)/t18?,25-,30?/m0/s1. The summed E-state index contributed by atoms with van der Waals surface area (Å²) in [5.41, 5.74) is 17.5. The van der Waals surface area contributed by atoms with Crippen LogP contribution in [-0.4, -0.2) is 32.7 Å². The number of fused-ring (bicyclic) bond motifs is 1. The van der Waals surface area contributed by atoms with E-state index >= 15 is 0 Å². The number of carbonyl (C=O) groups excluding carboxylic acids is 1. The molecule has 2 aromatic heterocycles. The molecule has 3 aromatic rings. The summed E-state index contributed by atoms with van der Waals surface area (Å²) in [5, 5.41) is 11.4. The summed E-state index contributed by atoms with van der Waals surface area (Å²) in [6, 6.07) is 8.50. The summed E-state index contributed by atoms with van der Waals surface area (Å²) >= 11 is 0. The summed E-state index contributed by atoms with van der Waals surface area (Å²) in [6.45, 7) is 16.6. The molecule has 0 bridgehead atoms. The molecule has 0 radical (unpaired) electrons. The Bertz CT molecular complexity index is 1520. The van der Waals surface area contributed by atoms with Gasteiger partial charge in [-0.1, -0.05) is 39.0 Å². The predicted octanol–water partition coefficient (Wildman–Crippen LogP) is 5.70. The number of aryl methyl sites for hydroxylation is 2. The molecule has 5 N–H and O–H groups in total. The Balaban J connectivity index is 1.35. The van der Waals surface area contributed by atoms with Gasteiger partial charge in [0.25, 0.3) is 12.1 Å². The molecule has 42 heavy (non-hydrogen) atoms. The van der Waals surface area contributed by atoms with E-state index in [9.17, 15) is 4.79 Å². The minimum absolute atomic E-state index is 0.0155. The van der Waals surface area contributed by atoms with Crippen LogP contribution >= 0.6 is 0 Å². The van der Waals surface area contributed by atoms with Crippen LogP contribution in [0.5, 0.6) is 0 Å². The highest BCUT2D eigenvalue weighted by Gasteiger charge is 2.33. The van der Waals surface area contributed by atoms with Crippen LogP contribution in [0.15, 0.2) is 35.5 Å². The molecule has 0 saturated carbocycles. The van der Waals surface area contributed by atoms with E-state index in [1.54, 1.807) is 6.20 Å². The van der Waals surface area contributed by atoms with Gasteiger partial charge in [-0.05, 0) is 76.6 Å². The van der Waals surface area contributed by atoms with Crippen molar-refractivity contribution in [2.75, 3.05) is 11.1 Å². The number of nitrogen functional groups attached to an aromatic ring is 1. The molecule has 3 atom stereocenters. The average Bonchev–Trinajstić information content (AvgIpc) is 3.55. The maximum atomic E-state index is 13.0. The van der Waals surface area contributed by atoms with Crippen molar-refractivity contribution in [1.82, 2.24) is 25.6 Å². The number of anilines is 2. The van der Waals surface area contributed by atoms with Gasteiger partial charge < -0.3 is 16.4 Å². The number of aromatic nitrogens is 3. The van der Waals surface area contributed by atoms with E-state index in [1.165, 1.54) is 5.56 Å². The van der Waals surface area contributed by atoms with Gasteiger partial charge in [0.05, 0.1) is 23.5 Å². The summed E-state index contributed by atoms with van der Waals surface area (Å²) in [4.78, 5) is 27.5. The fourth-order valence-corrected chi connectivity index (χ4v) is 6.04. The molecular formula is C32H44N8O2. The van der Waals surface area contributed by atoms with Crippen molar-refractivity contribution < 1.29 is 9.63 Å². The second-order valence-corrected chi connectivity index (χ2v) is 12.8. The van der Waals surface area contributed by atoms with E-state index in [4.69, 9.17) is 15.7 Å². The fraction of sp³-hybridized carbons (Fsp3) is 0.500. The first-order chi connectivity index (χ1) is 19.8. The minimum Gasteiger partial charge on any atom is -0.395 e. The van der Waals surface area contributed by atoms with E-state index in [1.807, 2.05) is 33.8 Å². The third-order valence-corrected chi connectivity index (χ3v) is 8.18. The van der Waals surface area contributed by atoms with Gasteiger partial charge in [-0.3, -0.25) is 9.48 Å². The van der Waals surface area contributed by atoms with Gasteiger partial charge in [0, 0.05) is 34.5 Å². The zero-order valence-electron chi connectivity index (χ0n) is 26.0. The third kappa shape index (κ3) is 5.72. The van der Waals surface area contributed by atoms with Gasteiger partial charge in [0.2, 0.25) is 0 Å². The predicted molar refractivity (Wildman–Crippen MR) is 167 cm³/mol. The van der Waals surface area contributed by atoms with E-state index in [2.05, 4.69) is 76.7 Å². The number of aliphatic imine (C=N–C) groups is 1. The Kier molecular flexibility index (Phi) is 8.02. The van der Waals surface area contributed by atoms with E-state index in [0.717, 1.165) is 52.9 Å². The van der Waals surface area contributed by atoms with Crippen molar-refractivity contribution in [3.8, 4) is 11.1 Å². The lowest BCUT2D eigenvalue weighted by Gasteiger charge is -2.27. The normalized spacial score (nSPS) is 19.2. The smallest absolute Gasteiger partial charge is 0.275 e. The summed E-state index contributed by atoms with van der Waals surface area (Å²) < 4.78 is 2.06. The van der Waals surface area contributed by atoms with Crippen LogP contribution < -0.4 is 21.8 Å². The van der Waals surface area contributed by atoms with Crippen LogP contribution in [0.1, 0.15) is 101 Å². The van der Waals surface area contributed by atoms with Gasteiger partial charge in [0.1, 0.15) is 11.7 Å². The number of hydroxylamine groups is 1. The number of rotatable bonds is 7. The third-order valence-electron chi connectivity index (χ3n) is 8.18. The number of nitrogens with one attached hydrogen (secondary N) is 3. The number of amidine groups is 1. The minimum atomic E-state index is -0.888. The molecule has 1 aromatic carbocycles. The molecule has 1 aliphatic heterocycles. The van der Waals surface area contributed by atoms with Crippen LogP contribution in [0.3, 0.4) is 0 Å². The number of pyridine rings is 1. The van der Waals surface area contributed by atoms with Crippen molar-refractivity contribution in [3.05, 3.63) is 58.5 Å². The first-order valence-electron chi connectivity index (χ1n) is 14.8. The number of hydrogen-bond acceptors (Lipinski definition) is 8. The molecule has 10 nitrogen and oxygen atoms in total. The summed E-state index contributed by atoms with van der Waals surface area (Å²) in [5.74, 6) is 1.08. The molecule has 224 valence electrons. The first-order valence-corrected chi connectivity index (χ1v) is 14.8. The van der Waals surface area contributed by atoms with Crippen LogP contribution in [0, 0.1) is 19.3 Å². The van der Waals surface area contributed by atoms with Gasteiger partial charge in [-0.25, -0.2) is 20.3 Å². The lowest BCUT2D eigenvalue weighted by molar-refractivity contribution is -0.134. The van der Waals surface area contributed by atoms with Gasteiger partial charge in [-0.15, -0.1) is 0 Å². The molecule has 1 amide bonds. The SMILES string of the molecule is Cc1nn(C(C)C)c(C)c1C(C)Nc1nccc(-c2ccc3c(c2)CCC[C@@H]3NC(=O)C2N=C(C(C)(C)C)NO2)c1N. The largest absolute Gasteiger partial charge is 0.395 e. The maximum absolute atomic E-state index is 13.0. The summed E-state index contributed by atoms with van der Waals surface area (Å²) in [6.07, 6.45) is 3.68. The Morgan fingerprint density at radius 2 is 1.95 bits per heavy atom. The van der Waals surface area contributed by atoms with Gasteiger partial charge in [-0.2, -0.15) is 5.10 Å². The molecule has 5 rings (SSSR count). The van der Waals surface area contributed by atoms with Crippen molar-refractivity contribution in [3.63, 3.8) is 0 Å². The van der Waals surface area contributed by atoms with E-state index in [-0.39, 0.29) is 29.4 Å². The highest BCUT2D eigenvalue weighted by Crippen LogP contribution is 2.37. The van der Waals surface area contributed by atoms with E-state index in [0.29, 0.717) is 17.3 Å². The number of nitrogens with two attached hydrogens (primary N) is 1. The van der Waals surface area contributed by atoms with Gasteiger partial charge in [0.15, 0.2) is 0 Å². The molecule has 0 saturated heterocycles. The highest BCUT2D eigenvalue weighted by atomic mass is 16.7. The molecule has 10 heteroatoms. The Hall–Kier alpha value is -3.92. The monoisotopic (exact) mass is 572 g/mol. The number of amides is 1. The van der Waals surface area contributed by atoms with Crippen molar-refractivity contribution >= 4 is 23.2 Å². The molecule has 1 aliphatic carbocycles. The van der Waals surface area contributed by atoms with Crippen LogP contribution in [0.2, 0.25) is 0 Å². The van der Waals surface area contributed by atoms with Crippen LogP contribution in [0.4, 0.5) is 11.5 Å². The average molecular weight is 573 g/mol. The maximum Gasteiger partial charge on any atom is 0.275 e. The number of hydrogen-bond donors (Lipinski definition) is 4. The van der Waals surface area contributed by atoms with Crippen LogP contribution in [0.25, 0.3) is 11.1 Å². The second kappa shape index (κ2) is 11.4. The van der Waals surface area contributed by atoms with Crippen LogP contribution in [-0.2, 0) is 16.1 Å². The number of benzene rings is 1. The Labute approximate surface area is 248 Å².